The van der Waals surface area contributed by atoms with Gasteiger partial charge in [-0.15, -0.1) is 0 Å². The summed E-state index contributed by atoms with van der Waals surface area (Å²) in [6.45, 7) is -0.887. The van der Waals surface area contributed by atoms with Crippen LogP contribution in [0, 0.1) is 5.92 Å². The molecule has 0 aromatic carbocycles. The molecule has 0 aromatic rings. The van der Waals surface area contributed by atoms with Crippen molar-refractivity contribution in [1.82, 2.24) is 0 Å². The fourth-order valence-electron chi connectivity index (χ4n) is 3.94. The minimum absolute atomic E-state index is 0.0119. The van der Waals surface area contributed by atoms with Gasteiger partial charge < -0.3 is 34.3 Å². The molecule has 34 heavy (non-hydrogen) atoms. The quantitative estimate of drug-likeness (QED) is 0.148. The Balaban J connectivity index is 1.92. The summed E-state index contributed by atoms with van der Waals surface area (Å²) < 4.78 is 110. The van der Waals surface area contributed by atoms with E-state index in [1.54, 1.807) is 0 Å². The van der Waals surface area contributed by atoms with Crippen LogP contribution in [0.2, 0.25) is 0 Å². The maximum Gasteiger partial charge on any atom is 0.459 e. The smallest absolute Gasteiger partial charge is 0.387 e. The van der Waals surface area contributed by atoms with E-state index in [4.69, 9.17) is 19.5 Å². The molecule has 1 saturated heterocycles. The van der Waals surface area contributed by atoms with Crippen molar-refractivity contribution in [3.8, 4) is 0 Å². The number of hydrogen-bond acceptors (Lipinski definition) is 9. The van der Waals surface area contributed by atoms with Gasteiger partial charge in [-0.1, -0.05) is 0 Å². The van der Waals surface area contributed by atoms with Gasteiger partial charge in [-0.3, -0.25) is 5.26 Å². The fraction of sp³-hybridized carbons (Fsp3) is 1.00. The van der Waals surface area contributed by atoms with E-state index in [-0.39, 0.29) is 25.7 Å². The van der Waals surface area contributed by atoms with Gasteiger partial charge in [0.05, 0.1) is 6.10 Å². The lowest BCUT2D eigenvalue weighted by Crippen LogP contribution is -2.55. The van der Waals surface area contributed by atoms with Crippen molar-refractivity contribution in [2.75, 3.05) is 13.7 Å². The van der Waals surface area contributed by atoms with E-state index < -0.39 is 73.3 Å². The van der Waals surface area contributed by atoms with E-state index in [1.165, 1.54) is 14.0 Å². The molecule has 6 unspecified atom stereocenters. The van der Waals surface area contributed by atoms with Gasteiger partial charge >= 0.3 is 18.0 Å². The van der Waals surface area contributed by atoms with Gasteiger partial charge in [0.1, 0.15) is 18.8 Å². The zero-order valence-electron chi connectivity index (χ0n) is 18.1. The van der Waals surface area contributed by atoms with Gasteiger partial charge in [0, 0.05) is 25.9 Å². The lowest BCUT2D eigenvalue weighted by atomic mass is 9.84. The van der Waals surface area contributed by atoms with Crippen molar-refractivity contribution < 1.29 is 75.1 Å². The van der Waals surface area contributed by atoms with E-state index in [0.717, 1.165) is 0 Å². The number of aliphatic hydroxyl groups excluding tert-OH is 3. The highest BCUT2D eigenvalue weighted by molar-refractivity contribution is 4.93. The molecule has 1 saturated carbocycles. The first-order valence-corrected chi connectivity index (χ1v) is 10.2. The zero-order chi connectivity index (χ0) is 26.1. The van der Waals surface area contributed by atoms with Crippen molar-refractivity contribution in [3.63, 3.8) is 0 Å². The number of methoxy groups -OCH3 is 1. The molecule has 16 heteroatoms. The first-order chi connectivity index (χ1) is 15.5. The van der Waals surface area contributed by atoms with Gasteiger partial charge in [-0.05, 0) is 19.8 Å². The number of alkyl halides is 7. The van der Waals surface area contributed by atoms with Crippen LogP contribution in [0.15, 0.2) is 0 Å². The summed E-state index contributed by atoms with van der Waals surface area (Å²) in [6, 6.07) is 0. The predicted octanol–water partition coefficient (Wildman–Crippen LogP) is 2.03. The molecule has 0 aromatic heterocycles. The summed E-state index contributed by atoms with van der Waals surface area (Å²) in [5.74, 6) is -14.2. The Kier molecular flexibility index (Phi) is 9.19. The highest BCUT2D eigenvalue weighted by Gasteiger charge is 2.73. The standard InChI is InChI=1S/C18H27F7O9/c1-8(11-10(26)12(34-29)14(28)32-11)33-15(30-2)5-3-9(4-6-15)13(27)31-7-16(19,20)17(21,22)18(23,24)25/h8-14,26-29H,3-7H2,1-2H3. The first kappa shape index (κ1) is 29.4. The van der Waals surface area contributed by atoms with Crippen molar-refractivity contribution >= 4 is 0 Å². The SMILES string of the molecule is COC1(OC(C)C2OC(O)C(OO)C2O)CCC(C(O)OCC(F)(F)C(F)(F)C(F)(F)F)CC1. The Hall–Kier alpha value is -0.850. The molecule has 1 aliphatic carbocycles. The van der Waals surface area contributed by atoms with Crippen LogP contribution in [-0.4, -0.2) is 95.1 Å². The van der Waals surface area contributed by atoms with Crippen molar-refractivity contribution in [3.05, 3.63) is 0 Å². The first-order valence-electron chi connectivity index (χ1n) is 10.2. The second-order valence-corrected chi connectivity index (χ2v) is 8.31. The lowest BCUT2D eigenvalue weighted by molar-refractivity contribution is -0.367. The summed E-state index contributed by atoms with van der Waals surface area (Å²) >= 11 is 0. The molecule has 0 spiro atoms. The third-order valence-corrected chi connectivity index (χ3v) is 6.05. The average molecular weight is 520 g/mol. The van der Waals surface area contributed by atoms with Gasteiger partial charge in [0.25, 0.3) is 0 Å². The molecule has 1 heterocycles. The summed E-state index contributed by atoms with van der Waals surface area (Å²) in [7, 11) is 1.28. The Morgan fingerprint density at radius 3 is 2.06 bits per heavy atom. The van der Waals surface area contributed by atoms with Crippen LogP contribution in [0.5, 0.6) is 0 Å². The molecule has 0 bridgehead atoms. The van der Waals surface area contributed by atoms with Gasteiger partial charge in [0.15, 0.2) is 24.5 Å². The van der Waals surface area contributed by atoms with E-state index in [9.17, 15) is 46.1 Å². The Bertz CT molecular complexity index is 658. The second kappa shape index (κ2) is 10.6. The van der Waals surface area contributed by atoms with E-state index in [2.05, 4.69) is 9.62 Å². The van der Waals surface area contributed by atoms with Crippen LogP contribution in [0.3, 0.4) is 0 Å². The summed E-state index contributed by atoms with van der Waals surface area (Å²) in [4.78, 5) is 3.97. The highest BCUT2D eigenvalue weighted by Crippen LogP contribution is 2.47. The predicted molar refractivity (Wildman–Crippen MR) is 94.5 cm³/mol. The summed E-state index contributed by atoms with van der Waals surface area (Å²) in [5, 5.41) is 38.4. The number of rotatable bonds is 10. The lowest BCUT2D eigenvalue weighted by Gasteiger charge is -2.42. The van der Waals surface area contributed by atoms with Crippen LogP contribution in [0.1, 0.15) is 32.6 Å². The fourth-order valence-corrected chi connectivity index (χ4v) is 3.94. The molecule has 2 rings (SSSR count). The average Bonchev–Trinajstić information content (AvgIpc) is 3.04. The van der Waals surface area contributed by atoms with Crippen LogP contribution >= 0.6 is 0 Å². The molecule has 0 radical (unpaired) electrons. The third-order valence-electron chi connectivity index (χ3n) is 6.05. The monoisotopic (exact) mass is 520 g/mol. The van der Waals surface area contributed by atoms with Gasteiger partial charge in [-0.25, -0.2) is 4.89 Å². The van der Waals surface area contributed by atoms with Crippen molar-refractivity contribution in [1.29, 1.82) is 0 Å². The highest BCUT2D eigenvalue weighted by atomic mass is 19.4. The second-order valence-electron chi connectivity index (χ2n) is 8.31. The number of aliphatic hydroxyl groups is 3. The van der Waals surface area contributed by atoms with Crippen molar-refractivity contribution in [2.24, 2.45) is 5.92 Å². The minimum atomic E-state index is -6.50. The van der Waals surface area contributed by atoms with Crippen LogP contribution < -0.4 is 0 Å². The Labute approximate surface area is 189 Å². The normalized spacial score (nSPS) is 35.4. The van der Waals surface area contributed by atoms with Crippen LogP contribution in [0.25, 0.3) is 0 Å². The number of hydrogen-bond donors (Lipinski definition) is 4. The third kappa shape index (κ3) is 5.92. The van der Waals surface area contributed by atoms with Gasteiger partial charge in [-0.2, -0.15) is 30.7 Å². The van der Waals surface area contributed by atoms with E-state index in [0.29, 0.717) is 0 Å². The van der Waals surface area contributed by atoms with Crippen molar-refractivity contribution in [2.45, 2.75) is 93.4 Å². The van der Waals surface area contributed by atoms with Crippen LogP contribution in [0.4, 0.5) is 30.7 Å². The molecule has 2 aliphatic rings. The van der Waals surface area contributed by atoms with E-state index in [1.807, 2.05) is 0 Å². The molecule has 2 fully saturated rings. The number of halogens is 7. The molecule has 4 N–H and O–H groups in total. The Morgan fingerprint density at radius 2 is 1.62 bits per heavy atom. The molecular weight excluding hydrogens is 493 g/mol. The van der Waals surface area contributed by atoms with Crippen LogP contribution in [-0.2, 0) is 23.8 Å². The molecular formula is C18H27F7O9. The Morgan fingerprint density at radius 1 is 1.06 bits per heavy atom. The summed E-state index contributed by atoms with van der Waals surface area (Å²) in [5.41, 5.74) is 0. The largest absolute Gasteiger partial charge is 0.459 e. The molecule has 0 amide bonds. The van der Waals surface area contributed by atoms with E-state index >= 15 is 0 Å². The molecule has 202 valence electrons. The van der Waals surface area contributed by atoms with Gasteiger partial charge in [0.2, 0.25) is 0 Å². The maximum atomic E-state index is 13.4. The number of ether oxygens (including phenoxy) is 4. The summed E-state index contributed by atoms with van der Waals surface area (Å²) in [6.07, 6.45) is -15.2. The zero-order valence-corrected chi connectivity index (χ0v) is 18.1. The minimum Gasteiger partial charge on any atom is -0.387 e. The molecule has 6 atom stereocenters. The topological polar surface area (TPSA) is 127 Å². The molecule has 1 aliphatic heterocycles. The molecule has 9 nitrogen and oxygen atoms in total. The maximum absolute atomic E-state index is 13.4.